The minimum absolute atomic E-state index is 0.109. The van der Waals surface area contributed by atoms with Gasteiger partial charge in [0.15, 0.2) is 0 Å². The van der Waals surface area contributed by atoms with Crippen molar-refractivity contribution in [2.45, 2.75) is 72.4 Å². The summed E-state index contributed by atoms with van der Waals surface area (Å²) in [4.78, 5) is 18.6. The van der Waals surface area contributed by atoms with Gasteiger partial charge in [-0.3, -0.25) is 0 Å². The van der Waals surface area contributed by atoms with Crippen molar-refractivity contribution in [3.8, 4) is 0 Å². The Morgan fingerprint density at radius 2 is 2.04 bits per heavy atom. The first kappa shape index (κ1) is 19.7. The van der Waals surface area contributed by atoms with Crippen LogP contribution in [-0.4, -0.2) is 40.2 Å². The molecule has 0 saturated heterocycles. The summed E-state index contributed by atoms with van der Waals surface area (Å²) in [6.45, 7) is 13.5. The minimum atomic E-state index is -0.472. The van der Waals surface area contributed by atoms with Crippen LogP contribution in [0.5, 0.6) is 0 Å². The van der Waals surface area contributed by atoms with Crippen molar-refractivity contribution in [1.82, 2.24) is 14.7 Å². The summed E-state index contributed by atoms with van der Waals surface area (Å²) in [6.07, 6.45) is 2.47. The van der Waals surface area contributed by atoms with E-state index in [9.17, 15) is 4.79 Å². The summed E-state index contributed by atoms with van der Waals surface area (Å²) in [7, 11) is 0. The van der Waals surface area contributed by atoms with Crippen molar-refractivity contribution in [1.29, 1.82) is 0 Å². The standard InChI is InChI=1S/C16H30N4O2S/c1-7-9-13(18-15(21)22-16(4,5)6)10-11-20(8-2)14-17-12(3)19-23-14/h13H,7-11H2,1-6H3,(H,18,21). The number of nitrogens with zero attached hydrogens (tertiary/aromatic N) is 3. The van der Waals surface area contributed by atoms with Gasteiger partial charge in [0.2, 0.25) is 5.13 Å². The topological polar surface area (TPSA) is 67.4 Å². The number of rotatable bonds is 8. The smallest absolute Gasteiger partial charge is 0.407 e. The van der Waals surface area contributed by atoms with E-state index in [0.29, 0.717) is 0 Å². The molecule has 1 atom stereocenters. The molecule has 0 spiro atoms. The van der Waals surface area contributed by atoms with E-state index in [1.54, 1.807) is 0 Å². The Balaban J connectivity index is 2.56. The summed E-state index contributed by atoms with van der Waals surface area (Å²) in [5.41, 5.74) is -0.472. The van der Waals surface area contributed by atoms with Crippen molar-refractivity contribution < 1.29 is 9.53 Å². The number of carbonyl (C=O) groups excluding carboxylic acids is 1. The van der Waals surface area contributed by atoms with Crippen LogP contribution in [0.25, 0.3) is 0 Å². The highest BCUT2D eigenvalue weighted by molar-refractivity contribution is 7.09. The monoisotopic (exact) mass is 342 g/mol. The van der Waals surface area contributed by atoms with E-state index in [1.807, 2.05) is 27.7 Å². The maximum Gasteiger partial charge on any atom is 0.407 e. The van der Waals surface area contributed by atoms with Crippen molar-refractivity contribution in [3.63, 3.8) is 0 Å². The number of alkyl carbamates (subject to hydrolysis) is 1. The van der Waals surface area contributed by atoms with Crippen molar-refractivity contribution >= 4 is 22.8 Å². The van der Waals surface area contributed by atoms with E-state index in [0.717, 1.165) is 43.3 Å². The van der Waals surface area contributed by atoms with Crippen LogP contribution in [0.1, 0.15) is 59.7 Å². The third-order valence-electron chi connectivity index (χ3n) is 3.27. The number of carbonyl (C=O) groups is 1. The Labute approximate surface area is 143 Å². The highest BCUT2D eigenvalue weighted by atomic mass is 32.1. The molecule has 132 valence electrons. The largest absolute Gasteiger partial charge is 0.444 e. The van der Waals surface area contributed by atoms with Crippen LogP contribution in [0.3, 0.4) is 0 Å². The van der Waals surface area contributed by atoms with Crippen LogP contribution in [-0.2, 0) is 4.74 Å². The first-order valence-electron chi connectivity index (χ1n) is 8.30. The van der Waals surface area contributed by atoms with Crippen molar-refractivity contribution in [2.24, 2.45) is 0 Å². The molecule has 0 aliphatic heterocycles. The average molecular weight is 343 g/mol. The van der Waals surface area contributed by atoms with Crippen LogP contribution in [0, 0.1) is 6.92 Å². The second kappa shape index (κ2) is 9.05. The van der Waals surface area contributed by atoms with E-state index in [2.05, 4.69) is 33.4 Å². The molecule has 23 heavy (non-hydrogen) atoms. The Kier molecular flexibility index (Phi) is 7.75. The van der Waals surface area contributed by atoms with E-state index in [4.69, 9.17) is 4.74 Å². The van der Waals surface area contributed by atoms with Gasteiger partial charge < -0.3 is 15.0 Å². The summed E-state index contributed by atoms with van der Waals surface area (Å²) < 4.78 is 9.59. The normalized spacial score (nSPS) is 12.8. The molecule has 0 fully saturated rings. The van der Waals surface area contributed by atoms with E-state index in [1.165, 1.54) is 11.5 Å². The Bertz CT molecular complexity index is 485. The SMILES string of the molecule is CCCC(CCN(CC)c1nc(C)ns1)NC(=O)OC(C)(C)C. The van der Waals surface area contributed by atoms with Gasteiger partial charge in [-0.1, -0.05) is 13.3 Å². The molecule has 0 aromatic carbocycles. The quantitative estimate of drug-likeness (QED) is 0.779. The number of nitrogens with one attached hydrogen (secondary N) is 1. The highest BCUT2D eigenvalue weighted by Crippen LogP contribution is 2.18. The molecular weight excluding hydrogens is 312 g/mol. The first-order valence-corrected chi connectivity index (χ1v) is 9.07. The van der Waals surface area contributed by atoms with Gasteiger partial charge in [-0.15, -0.1) is 0 Å². The fourth-order valence-corrected chi connectivity index (χ4v) is 2.99. The molecule has 1 N–H and O–H groups in total. The number of ether oxygens (including phenoxy) is 1. The molecule has 0 aliphatic carbocycles. The molecule has 1 rings (SSSR count). The third kappa shape index (κ3) is 7.63. The lowest BCUT2D eigenvalue weighted by molar-refractivity contribution is 0.0499. The predicted molar refractivity (Wildman–Crippen MR) is 95.2 cm³/mol. The summed E-state index contributed by atoms with van der Waals surface area (Å²) in [6, 6.07) is 0.109. The van der Waals surface area contributed by atoms with Crippen LogP contribution in [0.4, 0.5) is 9.93 Å². The molecule has 0 radical (unpaired) electrons. The number of aryl methyl sites for hydroxylation is 1. The van der Waals surface area contributed by atoms with Crippen LogP contribution in [0.15, 0.2) is 0 Å². The first-order chi connectivity index (χ1) is 10.7. The molecule has 7 heteroatoms. The average Bonchev–Trinajstić information content (AvgIpc) is 2.84. The summed E-state index contributed by atoms with van der Waals surface area (Å²) in [5.74, 6) is 0.806. The maximum absolute atomic E-state index is 12.0. The summed E-state index contributed by atoms with van der Waals surface area (Å²) >= 11 is 1.42. The molecular formula is C16H30N4O2S. The van der Waals surface area contributed by atoms with Crippen molar-refractivity contribution in [2.75, 3.05) is 18.0 Å². The third-order valence-corrected chi connectivity index (χ3v) is 4.14. The lowest BCUT2D eigenvalue weighted by atomic mass is 10.1. The van der Waals surface area contributed by atoms with Gasteiger partial charge in [0.05, 0.1) is 0 Å². The fourth-order valence-electron chi connectivity index (χ4n) is 2.23. The van der Waals surface area contributed by atoms with Gasteiger partial charge in [-0.25, -0.2) is 9.78 Å². The molecule has 0 saturated carbocycles. The van der Waals surface area contributed by atoms with Crippen molar-refractivity contribution in [3.05, 3.63) is 5.82 Å². The molecule has 0 bridgehead atoms. The fraction of sp³-hybridized carbons (Fsp3) is 0.812. The summed E-state index contributed by atoms with van der Waals surface area (Å²) in [5, 5.41) is 3.93. The maximum atomic E-state index is 12.0. The van der Waals surface area contributed by atoms with Gasteiger partial charge in [-0.2, -0.15) is 4.37 Å². The van der Waals surface area contributed by atoms with Gasteiger partial charge in [0.1, 0.15) is 11.4 Å². The number of hydrogen-bond donors (Lipinski definition) is 1. The molecule has 1 amide bonds. The zero-order valence-corrected chi connectivity index (χ0v) is 16.0. The molecule has 1 unspecified atom stereocenters. The van der Waals surface area contributed by atoms with E-state index < -0.39 is 5.60 Å². The van der Waals surface area contributed by atoms with Gasteiger partial charge >= 0.3 is 6.09 Å². The van der Waals surface area contributed by atoms with Gasteiger partial charge in [0, 0.05) is 30.7 Å². The second-order valence-electron chi connectivity index (χ2n) is 6.62. The molecule has 1 aromatic heterocycles. The number of aromatic nitrogens is 2. The zero-order chi connectivity index (χ0) is 17.5. The second-order valence-corrected chi connectivity index (χ2v) is 7.35. The molecule has 6 nitrogen and oxygen atoms in total. The van der Waals surface area contributed by atoms with E-state index in [-0.39, 0.29) is 12.1 Å². The van der Waals surface area contributed by atoms with Crippen LogP contribution < -0.4 is 10.2 Å². The molecule has 0 aliphatic rings. The van der Waals surface area contributed by atoms with Gasteiger partial charge in [-0.05, 0) is 47.5 Å². The Hall–Kier alpha value is -1.37. The Morgan fingerprint density at radius 3 is 2.52 bits per heavy atom. The van der Waals surface area contributed by atoms with E-state index >= 15 is 0 Å². The minimum Gasteiger partial charge on any atom is -0.444 e. The number of hydrogen-bond acceptors (Lipinski definition) is 6. The van der Waals surface area contributed by atoms with Gasteiger partial charge in [0.25, 0.3) is 0 Å². The molecule has 1 aromatic rings. The van der Waals surface area contributed by atoms with Crippen LogP contribution in [0.2, 0.25) is 0 Å². The Morgan fingerprint density at radius 1 is 1.35 bits per heavy atom. The lowest BCUT2D eigenvalue weighted by Crippen LogP contribution is -2.41. The van der Waals surface area contributed by atoms with Crippen LogP contribution >= 0.6 is 11.5 Å². The number of anilines is 1. The zero-order valence-electron chi connectivity index (χ0n) is 15.2. The highest BCUT2D eigenvalue weighted by Gasteiger charge is 2.20. The lowest BCUT2D eigenvalue weighted by Gasteiger charge is -2.26. The molecule has 1 heterocycles. The predicted octanol–water partition coefficient (Wildman–Crippen LogP) is 3.76. The number of amides is 1.